The van der Waals surface area contributed by atoms with Gasteiger partial charge in [-0.25, -0.2) is 4.98 Å². The lowest BCUT2D eigenvalue weighted by Crippen LogP contribution is -1.86. The van der Waals surface area contributed by atoms with E-state index in [1.165, 1.54) is 0 Å². The van der Waals surface area contributed by atoms with E-state index < -0.39 is 0 Å². The number of nitrogen functional groups attached to an aromatic ring is 1. The Morgan fingerprint density at radius 2 is 2.17 bits per heavy atom. The molecule has 1 aromatic carbocycles. The van der Waals surface area contributed by atoms with Crippen LogP contribution in [0.25, 0.3) is 22.4 Å². The number of nitrogens with zero attached hydrogens (tertiary/aromatic N) is 3. The number of benzene rings is 1. The van der Waals surface area contributed by atoms with Gasteiger partial charge in [-0.2, -0.15) is 5.10 Å². The van der Waals surface area contributed by atoms with Crippen LogP contribution < -0.4 is 5.73 Å². The van der Waals surface area contributed by atoms with Crippen LogP contribution in [-0.2, 0) is 7.05 Å². The summed E-state index contributed by atoms with van der Waals surface area (Å²) >= 11 is 3.42. The molecule has 0 saturated heterocycles. The van der Waals surface area contributed by atoms with Gasteiger partial charge in [0, 0.05) is 17.7 Å². The molecule has 0 aliphatic carbocycles. The van der Waals surface area contributed by atoms with Crippen molar-refractivity contribution in [3.63, 3.8) is 0 Å². The molecule has 2 aromatic heterocycles. The first-order chi connectivity index (χ1) is 8.54. The Bertz CT molecular complexity index is 740. The summed E-state index contributed by atoms with van der Waals surface area (Å²) in [6.45, 7) is 1.96. The van der Waals surface area contributed by atoms with E-state index in [1.807, 2.05) is 32.3 Å². The van der Waals surface area contributed by atoms with Crippen molar-refractivity contribution < 1.29 is 0 Å². The van der Waals surface area contributed by atoms with E-state index in [9.17, 15) is 0 Å². The molecule has 3 N–H and O–H groups in total. The van der Waals surface area contributed by atoms with Gasteiger partial charge < -0.3 is 10.7 Å². The molecule has 3 aromatic rings. The molecule has 0 atom stereocenters. The molecule has 0 aliphatic rings. The highest BCUT2D eigenvalue weighted by Crippen LogP contribution is 2.28. The van der Waals surface area contributed by atoms with Gasteiger partial charge in [-0.05, 0) is 19.1 Å². The number of halogens is 1. The van der Waals surface area contributed by atoms with Crippen molar-refractivity contribution in [2.24, 2.45) is 7.05 Å². The summed E-state index contributed by atoms with van der Waals surface area (Å²) in [5.41, 5.74) is 10.2. The molecule has 6 heteroatoms. The second-order valence-electron chi connectivity index (χ2n) is 4.28. The Balaban J connectivity index is 2.25. The van der Waals surface area contributed by atoms with Gasteiger partial charge >= 0.3 is 0 Å². The molecule has 92 valence electrons. The average Bonchev–Trinajstić information content (AvgIpc) is 2.81. The molecule has 18 heavy (non-hydrogen) atoms. The van der Waals surface area contributed by atoms with Gasteiger partial charge in [-0.15, -0.1) is 0 Å². The van der Waals surface area contributed by atoms with Gasteiger partial charge in [0.2, 0.25) is 0 Å². The molecule has 0 aliphatic heterocycles. The first-order valence-corrected chi connectivity index (χ1v) is 6.29. The fraction of sp³-hybridized carbons (Fsp3) is 0.167. The number of aromatic amines is 1. The van der Waals surface area contributed by atoms with Crippen LogP contribution in [0.2, 0.25) is 0 Å². The number of aromatic nitrogens is 4. The monoisotopic (exact) mass is 305 g/mol. The maximum Gasteiger partial charge on any atom is 0.142 e. The molecule has 0 spiro atoms. The van der Waals surface area contributed by atoms with Crippen LogP contribution in [-0.4, -0.2) is 19.7 Å². The third kappa shape index (κ3) is 1.69. The maximum absolute atomic E-state index is 5.96. The van der Waals surface area contributed by atoms with E-state index in [1.54, 1.807) is 4.68 Å². The molecule has 2 heterocycles. The lowest BCUT2D eigenvalue weighted by Gasteiger charge is -1.94. The molecular formula is C12H12BrN5. The third-order valence-electron chi connectivity index (χ3n) is 2.85. The lowest BCUT2D eigenvalue weighted by atomic mass is 10.2. The smallest absolute Gasteiger partial charge is 0.142 e. The molecule has 3 rings (SSSR count). The number of anilines is 1. The average molecular weight is 306 g/mol. The van der Waals surface area contributed by atoms with Crippen molar-refractivity contribution >= 4 is 32.7 Å². The number of aryl methyl sites for hydroxylation is 2. The minimum Gasteiger partial charge on any atom is -0.397 e. The van der Waals surface area contributed by atoms with Gasteiger partial charge in [0.1, 0.15) is 11.3 Å². The predicted octanol–water partition coefficient (Wildman–Crippen LogP) is 2.62. The van der Waals surface area contributed by atoms with E-state index in [0.29, 0.717) is 5.69 Å². The van der Waals surface area contributed by atoms with Gasteiger partial charge in [0.15, 0.2) is 0 Å². The van der Waals surface area contributed by atoms with Crippen LogP contribution >= 0.6 is 15.9 Å². The Morgan fingerprint density at radius 1 is 1.39 bits per heavy atom. The van der Waals surface area contributed by atoms with E-state index in [4.69, 9.17) is 5.73 Å². The Kier molecular flexibility index (Phi) is 2.41. The van der Waals surface area contributed by atoms with E-state index in [-0.39, 0.29) is 0 Å². The number of rotatable bonds is 1. The highest BCUT2D eigenvalue weighted by molar-refractivity contribution is 9.10. The summed E-state index contributed by atoms with van der Waals surface area (Å²) in [6, 6.07) is 3.82. The normalized spacial score (nSPS) is 11.3. The first-order valence-electron chi connectivity index (χ1n) is 5.50. The fourth-order valence-electron chi connectivity index (χ4n) is 2.07. The van der Waals surface area contributed by atoms with Crippen LogP contribution in [0.3, 0.4) is 0 Å². The van der Waals surface area contributed by atoms with E-state index >= 15 is 0 Å². The first kappa shape index (κ1) is 11.3. The summed E-state index contributed by atoms with van der Waals surface area (Å²) in [7, 11) is 1.89. The second kappa shape index (κ2) is 3.84. The molecule has 0 fully saturated rings. The van der Waals surface area contributed by atoms with Crippen molar-refractivity contribution in [3.8, 4) is 11.4 Å². The fourth-order valence-corrected chi connectivity index (χ4v) is 2.54. The molecule has 0 unspecified atom stereocenters. The van der Waals surface area contributed by atoms with Gasteiger partial charge in [0.05, 0.1) is 22.5 Å². The summed E-state index contributed by atoms with van der Waals surface area (Å²) in [5, 5.41) is 4.31. The summed E-state index contributed by atoms with van der Waals surface area (Å²) < 4.78 is 2.71. The van der Waals surface area contributed by atoms with Gasteiger partial charge in [-0.3, -0.25) is 4.68 Å². The topological polar surface area (TPSA) is 72.5 Å². The Morgan fingerprint density at radius 3 is 2.83 bits per heavy atom. The summed E-state index contributed by atoms with van der Waals surface area (Å²) in [5.74, 6) is 0.792. The van der Waals surface area contributed by atoms with Crippen LogP contribution in [0.15, 0.2) is 22.8 Å². The van der Waals surface area contributed by atoms with E-state index in [0.717, 1.165) is 32.6 Å². The number of nitrogens with two attached hydrogens (primary N) is 1. The maximum atomic E-state index is 5.96. The number of hydrogen-bond donors (Lipinski definition) is 2. The highest BCUT2D eigenvalue weighted by atomic mass is 79.9. The summed E-state index contributed by atoms with van der Waals surface area (Å²) in [6.07, 6.45) is 1.94. The van der Waals surface area contributed by atoms with Crippen molar-refractivity contribution in [1.82, 2.24) is 19.7 Å². The number of fused-ring (bicyclic) bond motifs is 1. The number of H-pyrrole nitrogens is 1. The van der Waals surface area contributed by atoms with Crippen LogP contribution in [0.1, 0.15) is 5.69 Å². The molecular weight excluding hydrogens is 294 g/mol. The Hall–Kier alpha value is -1.82. The molecule has 5 nitrogen and oxygen atoms in total. The predicted molar refractivity (Wildman–Crippen MR) is 75.1 cm³/mol. The largest absolute Gasteiger partial charge is 0.397 e. The van der Waals surface area contributed by atoms with Gasteiger partial charge in [0.25, 0.3) is 0 Å². The van der Waals surface area contributed by atoms with E-state index in [2.05, 4.69) is 31.0 Å². The highest BCUT2D eigenvalue weighted by Gasteiger charge is 2.12. The lowest BCUT2D eigenvalue weighted by molar-refractivity contribution is 0.756. The number of imidazole rings is 1. The van der Waals surface area contributed by atoms with Crippen molar-refractivity contribution in [2.75, 3.05) is 5.73 Å². The van der Waals surface area contributed by atoms with Crippen LogP contribution in [0.4, 0.5) is 5.69 Å². The van der Waals surface area contributed by atoms with Gasteiger partial charge in [-0.1, -0.05) is 15.9 Å². The zero-order valence-electron chi connectivity index (χ0n) is 10.0. The quantitative estimate of drug-likeness (QED) is 0.679. The Labute approximate surface area is 112 Å². The van der Waals surface area contributed by atoms with Crippen LogP contribution in [0, 0.1) is 6.92 Å². The number of hydrogen-bond acceptors (Lipinski definition) is 3. The van der Waals surface area contributed by atoms with Crippen molar-refractivity contribution in [3.05, 3.63) is 28.5 Å². The van der Waals surface area contributed by atoms with Crippen molar-refractivity contribution in [1.29, 1.82) is 0 Å². The molecule has 0 amide bonds. The van der Waals surface area contributed by atoms with Crippen molar-refractivity contribution in [2.45, 2.75) is 6.92 Å². The number of nitrogens with one attached hydrogen (secondary N) is 1. The minimum atomic E-state index is 0.656. The minimum absolute atomic E-state index is 0.656. The zero-order valence-corrected chi connectivity index (χ0v) is 11.6. The third-order valence-corrected chi connectivity index (χ3v) is 3.31. The molecule has 0 saturated carbocycles. The van der Waals surface area contributed by atoms with Crippen LogP contribution in [0.5, 0.6) is 0 Å². The molecule has 0 radical (unpaired) electrons. The standard InChI is InChI=1S/C12H12BrN5/c1-6-8(5-18(2)17-6)12-15-10-4-7(13)3-9(14)11(10)16-12/h3-5H,14H2,1-2H3,(H,15,16). The summed E-state index contributed by atoms with van der Waals surface area (Å²) in [4.78, 5) is 7.82. The second-order valence-corrected chi connectivity index (χ2v) is 5.19. The molecule has 0 bridgehead atoms. The zero-order chi connectivity index (χ0) is 12.9. The SMILES string of the molecule is Cc1nn(C)cc1-c1nc2c(N)cc(Br)cc2[nH]1.